The van der Waals surface area contributed by atoms with Gasteiger partial charge in [-0.05, 0) is 18.9 Å². The fraction of sp³-hybridized carbons (Fsp3) is 0.278. The van der Waals surface area contributed by atoms with Crippen LogP contribution in [0.5, 0.6) is 0 Å². The Morgan fingerprint density at radius 3 is 2.75 bits per heavy atom. The van der Waals surface area contributed by atoms with Crippen LogP contribution in [0.15, 0.2) is 43.0 Å². The Hall–Kier alpha value is -2.47. The molecule has 0 aliphatic rings. The maximum Gasteiger partial charge on any atom is 0.263 e. The number of nitrogens with one attached hydrogen (secondary N) is 1. The summed E-state index contributed by atoms with van der Waals surface area (Å²) in [6.07, 6.45) is 6.36. The number of aryl methyl sites for hydroxylation is 2. The summed E-state index contributed by atoms with van der Waals surface area (Å²) >= 11 is 1.44. The summed E-state index contributed by atoms with van der Waals surface area (Å²) in [5.41, 5.74) is 3.12. The van der Waals surface area contributed by atoms with Gasteiger partial charge in [0, 0.05) is 31.0 Å². The molecule has 0 spiro atoms. The number of nitrogens with zero attached hydrogens (tertiary/aromatic N) is 3. The summed E-state index contributed by atoms with van der Waals surface area (Å²) in [5.74, 6) is -0.0680. The lowest BCUT2D eigenvalue weighted by atomic mass is 10.1. The van der Waals surface area contributed by atoms with Crippen LogP contribution < -0.4 is 5.32 Å². The lowest BCUT2D eigenvalue weighted by Gasteiger charge is -2.04. The van der Waals surface area contributed by atoms with Crippen LogP contribution in [0.25, 0.3) is 10.6 Å². The molecule has 3 rings (SSSR count). The minimum absolute atomic E-state index is 0.0680. The van der Waals surface area contributed by atoms with Gasteiger partial charge in [-0.2, -0.15) is 0 Å². The van der Waals surface area contributed by atoms with Gasteiger partial charge in [-0.3, -0.25) is 4.79 Å². The molecule has 0 radical (unpaired) electrons. The van der Waals surface area contributed by atoms with E-state index in [1.54, 1.807) is 12.5 Å². The number of carbonyl (C=O) groups is 1. The smallest absolute Gasteiger partial charge is 0.263 e. The zero-order chi connectivity index (χ0) is 16.9. The molecule has 24 heavy (non-hydrogen) atoms. The first kappa shape index (κ1) is 16.4. The molecular formula is C18H20N4OS. The van der Waals surface area contributed by atoms with Crippen LogP contribution >= 0.6 is 11.3 Å². The molecule has 1 aromatic carbocycles. The number of benzene rings is 1. The van der Waals surface area contributed by atoms with Crippen molar-refractivity contribution in [2.45, 2.75) is 26.8 Å². The second-order valence-corrected chi connectivity index (χ2v) is 6.54. The van der Waals surface area contributed by atoms with Gasteiger partial charge in [-0.1, -0.05) is 31.2 Å². The molecule has 124 valence electrons. The van der Waals surface area contributed by atoms with Crippen LogP contribution in [-0.4, -0.2) is 27.0 Å². The highest BCUT2D eigenvalue weighted by atomic mass is 32.1. The molecule has 0 aliphatic carbocycles. The van der Waals surface area contributed by atoms with Crippen molar-refractivity contribution in [2.75, 3.05) is 6.54 Å². The van der Waals surface area contributed by atoms with Gasteiger partial charge in [0.1, 0.15) is 9.88 Å². The standard InChI is InChI=1S/C18H20N4OS/c1-3-14-4-6-15(7-5-14)18-21-13(2)16(24-18)17(23)20-9-11-22-10-8-19-12-22/h4-8,10,12H,3,9,11H2,1-2H3,(H,20,23). The van der Waals surface area contributed by atoms with Gasteiger partial charge in [0.15, 0.2) is 0 Å². The van der Waals surface area contributed by atoms with Crippen LogP contribution in [0.2, 0.25) is 0 Å². The molecule has 0 fully saturated rings. The topological polar surface area (TPSA) is 59.8 Å². The number of imidazole rings is 1. The van der Waals surface area contributed by atoms with E-state index in [0.717, 1.165) is 22.7 Å². The van der Waals surface area contributed by atoms with Gasteiger partial charge in [-0.15, -0.1) is 11.3 Å². The Balaban J connectivity index is 1.67. The maximum absolute atomic E-state index is 12.4. The van der Waals surface area contributed by atoms with Gasteiger partial charge in [0.25, 0.3) is 5.91 Å². The first-order valence-corrected chi connectivity index (χ1v) is 8.79. The first-order valence-electron chi connectivity index (χ1n) is 7.98. The molecule has 2 heterocycles. The second-order valence-electron chi connectivity index (χ2n) is 5.54. The lowest BCUT2D eigenvalue weighted by Crippen LogP contribution is -2.26. The highest BCUT2D eigenvalue weighted by Crippen LogP contribution is 2.28. The molecule has 3 aromatic rings. The van der Waals surface area contributed by atoms with Crippen molar-refractivity contribution in [3.8, 4) is 10.6 Å². The molecule has 0 saturated carbocycles. The zero-order valence-electron chi connectivity index (χ0n) is 13.8. The van der Waals surface area contributed by atoms with E-state index in [0.29, 0.717) is 18.0 Å². The third-order valence-corrected chi connectivity index (χ3v) is 5.03. The van der Waals surface area contributed by atoms with E-state index in [9.17, 15) is 4.79 Å². The van der Waals surface area contributed by atoms with Gasteiger partial charge < -0.3 is 9.88 Å². The lowest BCUT2D eigenvalue weighted by molar-refractivity contribution is 0.0955. The van der Waals surface area contributed by atoms with E-state index >= 15 is 0 Å². The highest BCUT2D eigenvalue weighted by molar-refractivity contribution is 7.17. The number of aromatic nitrogens is 3. The third kappa shape index (κ3) is 3.71. The maximum atomic E-state index is 12.4. The number of rotatable bonds is 6. The summed E-state index contributed by atoms with van der Waals surface area (Å²) in [5, 5.41) is 3.83. The van der Waals surface area contributed by atoms with Crippen LogP contribution in [0.4, 0.5) is 0 Å². The van der Waals surface area contributed by atoms with E-state index in [1.807, 2.05) is 17.7 Å². The highest BCUT2D eigenvalue weighted by Gasteiger charge is 2.15. The molecule has 6 heteroatoms. The average molecular weight is 340 g/mol. The summed E-state index contributed by atoms with van der Waals surface area (Å²) in [6, 6.07) is 8.35. The molecule has 0 saturated heterocycles. The van der Waals surface area contributed by atoms with Crippen molar-refractivity contribution < 1.29 is 4.79 Å². The molecule has 2 aromatic heterocycles. The molecular weight excluding hydrogens is 320 g/mol. The minimum Gasteiger partial charge on any atom is -0.349 e. The van der Waals surface area contributed by atoms with Crippen LogP contribution in [-0.2, 0) is 13.0 Å². The molecule has 1 N–H and O–H groups in total. The SMILES string of the molecule is CCc1ccc(-c2nc(C)c(C(=O)NCCn3ccnc3)s2)cc1. The van der Waals surface area contributed by atoms with Crippen LogP contribution in [0, 0.1) is 6.92 Å². The largest absolute Gasteiger partial charge is 0.349 e. The Kier molecular flexibility index (Phi) is 5.05. The number of carbonyl (C=O) groups excluding carboxylic acids is 1. The molecule has 0 bridgehead atoms. The Morgan fingerprint density at radius 2 is 2.08 bits per heavy atom. The van der Waals surface area contributed by atoms with Crippen molar-refractivity contribution in [1.82, 2.24) is 19.9 Å². The molecule has 0 atom stereocenters. The molecule has 1 amide bonds. The van der Waals surface area contributed by atoms with Gasteiger partial charge >= 0.3 is 0 Å². The van der Waals surface area contributed by atoms with Crippen molar-refractivity contribution in [3.63, 3.8) is 0 Å². The minimum atomic E-state index is -0.0680. The Bertz CT molecular complexity index is 806. The zero-order valence-corrected chi connectivity index (χ0v) is 14.6. The summed E-state index contributed by atoms with van der Waals surface area (Å²) < 4.78 is 1.93. The van der Waals surface area contributed by atoms with Crippen LogP contribution in [0.1, 0.15) is 27.9 Å². The molecule has 0 unspecified atom stereocenters. The predicted molar refractivity (Wildman–Crippen MR) is 96.2 cm³/mol. The monoisotopic (exact) mass is 340 g/mol. The Morgan fingerprint density at radius 1 is 1.29 bits per heavy atom. The fourth-order valence-corrected chi connectivity index (χ4v) is 3.40. The third-order valence-electron chi connectivity index (χ3n) is 3.83. The average Bonchev–Trinajstić information content (AvgIpc) is 3.24. The van der Waals surface area contributed by atoms with Crippen molar-refractivity contribution >= 4 is 17.2 Å². The summed E-state index contributed by atoms with van der Waals surface area (Å²) in [6.45, 7) is 5.28. The number of amides is 1. The number of hydrogen-bond donors (Lipinski definition) is 1. The van der Waals surface area contributed by atoms with Gasteiger partial charge in [0.05, 0.1) is 12.0 Å². The quantitative estimate of drug-likeness (QED) is 0.749. The second kappa shape index (κ2) is 7.40. The molecule has 0 aliphatic heterocycles. The van der Waals surface area contributed by atoms with Gasteiger partial charge in [0.2, 0.25) is 0 Å². The first-order chi connectivity index (χ1) is 11.7. The van der Waals surface area contributed by atoms with E-state index in [-0.39, 0.29) is 5.91 Å². The van der Waals surface area contributed by atoms with E-state index in [4.69, 9.17) is 0 Å². The van der Waals surface area contributed by atoms with E-state index < -0.39 is 0 Å². The fourth-order valence-electron chi connectivity index (χ4n) is 2.41. The summed E-state index contributed by atoms with van der Waals surface area (Å²) in [4.78, 5) is 21.6. The predicted octanol–water partition coefficient (Wildman–Crippen LogP) is 3.31. The summed E-state index contributed by atoms with van der Waals surface area (Å²) in [7, 11) is 0. The van der Waals surface area contributed by atoms with Crippen molar-refractivity contribution in [2.24, 2.45) is 0 Å². The normalized spacial score (nSPS) is 10.8. The molecule has 5 nitrogen and oxygen atoms in total. The number of hydrogen-bond acceptors (Lipinski definition) is 4. The van der Waals surface area contributed by atoms with E-state index in [2.05, 4.69) is 46.5 Å². The van der Waals surface area contributed by atoms with Crippen molar-refractivity contribution in [3.05, 3.63) is 59.1 Å². The van der Waals surface area contributed by atoms with Crippen LogP contribution in [0.3, 0.4) is 0 Å². The van der Waals surface area contributed by atoms with Crippen molar-refractivity contribution in [1.29, 1.82) is 0 Å². The van der Waals surface area contributed by atoms with E-state index in [1.165, 1.54) is 16.9 Å². The Labute approximate surface area is 145 Å². The number of thiazole rings is 1. The van der Waals surface area contributed by atoms with Gasteiger partial charge in [-0.25, -0.2) is 9.97 Å².